The minimum atomic E-state index is -0.341. The Balaban J connectivity index is 2.68. The summed E-state index contributed by atoms with van der Waals surface area (Å²) in [5.41, 5.74) is 2.40. The third kappa shape index (κ3) is 0.983. The molecule has 1 rings (SSSR count). The van der Waals surface area contributed by atoms with Gasteiger partial charge in [0.05, 0.1) is 6.61 Å². The molecule has 1 radical (unpaired) electrons. The molecule has 0 saturated heterocycles. The first-order chi connectivity index (χ1) is 3.39. The first-order valence-electron chi connectivity index (χ1n) is 2.14. The smallest absolute Gasteiger partial charge is 0.376 e. The Morgan fingerprint density at radius 3 is 3.00 bits per heavy atom. The summed E-state index contributed by atoms with van der Waals surface area (Å²) in [7, 11) is 0. The van der Waals surface area contributed by atoms with Gasteiger partial charge in [0.25, 0.3) is 0 Å². The minimum absolute atomic E-state index is 0.341. The van der Waals surface area contributed by atoms with Crippen LogP contribution in [-0.4, -0.2) is 6.61 Å². The second-order valence-corrected chi connectivity index (χ2v) is 1.27. The summed E-state index contributed by atoms with van der Waals surface area (Å²) >= 11 is 0. The summed E-state index contributed by atoms with van der Waals surface area (Å²) in [4.78, 5) is 0. The van der Waals surface area contributed by atoms with Crippen molar-refractivity contribution in [3.63, 3.8) is 0 Å². The van der Waals surface area contributed by atoms with E-state index in [1.807, 2.05) is 0 Å². The fraction of sp³-hybridized carbons (Fsp3) is 0.400. The van der Waals surface area contributed by atoms with Gasteiger partial charge in [0.2, 0.25) is 0 Å². The number of hydrogen-bond acceptors (Lipinski definition) is 1. The van der Waals surface area contributed by atoms with Crippen LogP contribution in [-0.2, 0) is 9.84 Å². The lowest BCUT2D eigenvalue weighted by molar-refractivity contribution is 0.0523. The van der Waals surface area contributed by atoms with Gasteiger partial charge in [-0.2, -0.15) is 0 Å². The maximum absolute atomic E-state index is 10.1. The molecule has 2 nitrogen and oxygen atoms in total. The molecule has 37 valence electrons. The van der Waals surface area contributed by atoms with Crippen LogP contribution in [0, 0.1) is 0 Å². The van der Waals surface area contributed by atoms with Crippen LogP contribution in [0.2, 0.25) is 0 Å². The minimum Gasteiger partial charge on any atom is -0.456 e. The standard InChI is InChI=1S/C5H5O2/c6-5-3-1-2-4-7-5/h1H,2,4H2. The van der Waals surface area contributed by atoms with E-state index >= 15 is 0 Å². The van der Waals surface area contributed by atoms with E-state index in [2.05, 4.69) is 10.5 Å². The van der Waals surface area contributed by atoms with Crippen molar-refractivity contribution in [2.45, 2.75) is 6.42 Å². The average Bonchev–Trinajstić information content (AvgIpc) is 1.69. The first-order valence-corrected chi connectivity index (χ1v) is 2.14. The molecule has 0 unspecified atom stereocenters. The van der Waals surface area contributed by atoms with Crippen LogP contribution in [0.15, 0.2) is 17.8 Å². The molecule has 1 aliphatic heterocycles. The van der Waals surface area contributed by atoms with Crippen LogP contribution >= 0.6 is 0 Å². The molecule has 0 bridgehead atoms. The molecule has 0 atom stereocenters. The summed E-state index contributed by atoms with van der Waals surface area (Å²) in [5.74, 6) is -0.341. The molecule has 0 aromatic carbocycles. The molecule has 0 fully saturated rings. The van der Waals surface area contributed by atoms with E-state index in [9.17, 15) is 5.11 Å². The maximum Gasteiger partial charge on any atom is 0.376 e. The van der Waals surface area contributed by atoms with Gasteiger partial charge in [-0.15, -0.1) is 0 Å². The Morgan fingerprint density at radius 1 is 1.86 bits per heavy atom. The Bertz CT molecular complexity index is 120. The Kier molecular flexibility index (Phi) is 1.05. The summed E-state index contributed by atoms with van der Waals surface area (Å²) in [6.07, 6.45) is 2.50. The topological polar surface area (TPSA) is 29.1 Å². The Labute approximate surface area is 41.7 Å². The Hall–Kier alpha value is -0.880. The number of ether oxygens (including phenoxy) is 1. The van der Waals surface area contributed by atoms with Crippen LogP contribution in [0.5, 0.6) is 0 Å². The Morgan fingerprint density at radius 2 is 2.71 bits per heavy atom. The highest BCUT2D eigenvalue weighted by molar-refractivity contribution is 4.88. The SMILES string of the molecule is [O]C1=C=CCCO1. The van der Waals surface area contributed by atoms with Crippen molar-refractivity contribution >= 4 is 0 Å². The second kappa shape index (κ2) is 1.71. The van der Waals surface area contributed by atoms with E-state index in [-0.39, 0.29) is 5.95 Å². The highest BCUT2D eigenvalue weighted by atomic mass is 16.6. The summed E-state index contributed by atoms with van der Waals surface area (Å²) in [6, 6.07) is 0. The van der Waals surface area contributed by atoms with Gasteiger partial charge < -0.3 is 4.74 Å². The summed E-state index contributed by atoms with van der Waals surface area (Å²) in [6.45, 7) is 0.520. The van der Waals surface area contributed by atoms with Gasteiger partial charge in [0, 0.05) is 6.42 Å². The molecule has 7 heavy (non-hydrogen) atoms. The predicted molar refractivity (Wildman–Crippen MR) is 22.9 cm³/mol. The highest BCUT2D eigenvalue weighted by Gasteiger charge is 1.95. The molecule has 0 aromatic heterocycles. The zero-order valence-electron chi connectivity index (χ0n) is 3.81. The summed E-state index contributed by atoms with van der Waals surface area (Å²) < 4.78 is 4.50. The van der Waals surface area contributed by atoms with E-state index in [1.54, 1.807) is 6.08 Å². The van der Waals surface area contributed by atoms with Crippen molar-refractivity contribution in [1.82, 2.24) is 0 Å². The van der Waals surface area contributed by atoms with Crippen molar-refractivity contribution in [1.29, 1.82) is 0 Å². The molecule has 0 aromatic rings. The normalized spacial score (nSPS) is 18.0. The molecule has 0 saturated carbocycles. The fourth-order valence-electron chi connectivity index (χ4n) is 0.408. The van der Waals surface area contributed by atoms with Gasteiger partial charge in [-0.3, -0.25) is 0 Å². The van der Waals surface area contributed by atoms with Gasteiger partial charge in [-0.05, 0) is 11.8 Å². The van der Waals surface area contributed by atoms with Crippen LogP contribution < -0.4 is 0 Å². The lowest BCUT2D eigenvalue weighted by Crippen LogP contribution is -1.93. The third-order valence-corrected chi connectivity index (χ3v) is 0.715. The third-order valence-electron chi connectivity index (χ3n) is 0.715. The lowest BCUT2D eigenvalue weighted by Gasteiger charge is -1.98. The monoisotopic (exact) mass is 97.0 g/mol. The quantitative estimate of drug-likeness (QED) is 0.412. The van der Waals surface area contributed by atoms with Crippen LogP contribution in [0.25, 0.3) is 0 Å². The van der Waals surface area contributed by atoms with Crippen LogP contribution in [0.3, 0.4) is 0 Å². The van der Waals surface area contributed by atoms with Crippen molar-refractivity contribution in [2.75, 3.05) is 6.61 Å². The van der Waals surface area contributed by atoms with Crippen LogP contribution in [0.4, 0.5) is 0 Å². The molecule has 2 heteroatoms. The fourth-order valence-corrected chi connectivity index (χ4v) is 0.408. The van der Waals surface area contributed by atoms with Crippen molar-refractivity contribution < 1.29 is 9.84 Å². The zero-order valence-corrected chi connectivity index (χ0v) is 3.81. The van der Waals surface area contributed by atoms with Crippen LogP contribution in [0.1, 0.15) is 6.42 Å². The van der Waals surface area contributed by atoms with E-state index in [1.165, 1.54) is 0 Å². The zero-order chi connectivity index (χ0) is 5.11. The average molecular weight is 97.1 g/mol. The molecule has 0 spiro atoms. The summed E-state index contributed by atoms with van der Waals surface area (Å²) in [5, 5.41) is 10.1. The van der Waals surface area contributed by atoms with Crippen molar-refractivity contribution in [2.24, 2.45) is 0 Å². The van der Waals surface area contributed by atoms with E-state index < -0.39 is 0 Å². The van der Waals surface area contributed by atoms with Gasteiger partial charge in [0.15, 0.2) is 0 Å². The maximum atomic E-state index is 10.1. The molecule has 1 heterocycles. The first kappa shape index (κ1) is 4.28. The molecule has 1 aliphatic rings. The molecule has 0 amide bonds. The van der Waals surface area contributed by atoms with Crippen molar-refractivity contribution in [3.05, 3.63) is 17.8 Å². The highest BCUT2D eigenvalue weighted by Crippen LogP contribution is 1.97. The predicted octanol–water partition coefficient (Wildman–Crippen LogP) is 0.834. The lowest BCUT2D eigenvalue weighted by atomic mass is 10.4. The van der Waals surface area contributed by atoms with E-state index in [4.69, 9.17) is 0 Å². The molecular weight excluding hydrogens is 92.1 g/mol. The van der Waals surface area contributed by atoms with Crippen molar-refractivity contribution in [3.8, 4) is 0 Å². The van der Waals surface area contributed by atoms with Gasteiger partial charge in [-0.1, -0.05) is 0 Å². The molecular formula is C5H5O2. The number of rotatable bonds is 0. The van der Waals surface area contributed by atoms with E-state index in [0.29, 0.717) is 6.61 Å². The van der Waals surface area contributed by atoms with E-state index in [0.717, 1.165) is 6.42 Å². The largest absolute Gasteiger partial charge is 0.456 e. The second-order valence-electron chi connectivity index (χ2n) is 1.27. The van der Waals surface area contributed by atoms with Gasteiger partial charge in [0.1, 0.15) is 0 Å². The molecule has 0 aliphatic carbocycles. The van der Waals surface area contributed by atoms with Gasteiger partial charge >= 0.3 is 5.95 Å². The van der Waals surface area contributed by atoms with Gasteiger partial charge in [-0.25, -0.2) is 5.11 Å². The molecule has 0 N–H and O–H groups in total. The number of hydrogen-bond donors (Lipinski definition) is 0.